The fourth-order valence-corrected chi connectivity index (χ4v) is 2.46. The minimum atomic E-state index is -2.44. The Labute approximate surface area is 91.8 Å². The molecule has 0 aliphatic heterocycles. The van der Waals surface area contributed by atoms with Crippen molar-refractivity contribution in [2.24, 2.45) is 5.73 Å². The van der Waals surface area contributed by atoms with Crippen molar-refractivity contribution in [1.29, 1.82) is 0 Å². The van der Waals surface area contributed by atoms with Gasteiger partial charge in [0.05, 0.1) is 9.77 Å². The first-order chi connectivity index (χ1) is 6.91. The van der Waals surface area contributed by atoms with Crippen molar-refractivity contribution in [1.82, 2.24) is 0 Å². The standard InChI is InChI=1S/C7H8N2O4S2/c1-3(10)9-7-4(6(8)11)2-5(14-7)15(12)13/h2H,1H3,(H2,8,11)(H,9,10)(H,12,13)/p-1. The molecule has 0 radical (unpaired) electrons. The van der Waals surface area contributed by atoms with E-state index in [1.54, 1.807) is 0 Å². The van der Waals surface area contributed by atoms with E-state index >= 15 is 0 Å². The highest BCUT2D eigenvalue weighted by Gasteiger charge is 2.14. The van der Waals surface area contributed by atoms with E-state index in [1.807, 2.05) is 0 Å². The van der Waals surface area contributed by atoms with Gasteiger partial charge < -0.3 is 15.6 Å². The van der Waals surface area contributed by atoms with Gasteiger partial charge in [-0.25, -0.2) is 0 Å². The predicted molar refractivity (Wildman–Crippen MR) is 54.3 cm³/mol. The third-order valence-corrected chi connectivity index (χ3v) is 3.38. The minimum Gasteiger partial charge on any atom is -0.768 e. The lowest BCUT2D eigenvalue weighted by Gasteiger charge is -1.99. The first-order valence-corrected chi connectivity index (χ1v) is 5.61. The Morgan fingerprint density at radius 1 is 1.60 bits per heavy atom. The molecule has 1 rings (SSSR count). The molecule has 0 saturated carbocycles. The molecule has 0 spiro atoms. The van der Waals surface area contributed by atoms with Crippen LogP contribution in [0.2, 0.25) is 0 Å². The summed E-state index contributed by atoms with van der Waals surface area (Å²) < 4.78 is 21.2. The number of anilines is 1. The Kier molecular flexibility index (Phi) is 3.56. The normalized spacial score (nSPS) is 12.1. The summed E-state index contributed by atoms with van der Waals surface area (Å²) in [5, 5.41) is 2.48. The number of amides is 2. The number of primary amides is 1. The molecular formula is C7H7N2O4S2-. The molecule has 82 valence electrons. The summed E-state index contributed by atoms with van der Waals surface area (Å²) in [6.07, 6.45) is 0. The number of hydrogen-bond acceptors (Lipinski definition) is 5. The van der Waals surface area contributed by atoms with Crippen LogP contribution in [0.15, 0.2) is 10.3 Å². The molecule has 1 atom stereocenters. The average Bonchev–Trinajstić information content (AvgIpc) is 2.46. The zero-order valence-electron chi connectivity index (χ0n) is 7.60. The lowest BCUT2D eigenvalue weighted by molar-refractivity contribution is -0.114. The molecule has 15 heavy (non-hydrogen) atoms. The van der Waals surface area contributed by atoms with E-state index in [0.29, 0.717) is 0 Å². The largest absolute Gasteiger partial charge is 0.768 e. The van der Waals surface area contributed by atoms with Gasteiger partial charge in [-0.15, -0.1) is 11.3 Å². The van der Waals surface area contributed by atoms with Gasteiger partial charge in [0.1, 0.15) is 5.00 Å². The summed E-state index contributed by atoms with van der Waals surface area (Å²) in [5.41, 5.74) is 5.01. The number of hydrogen-bond donors (Lipinski definition) is 2. The monoisotopic (exact) mass is 247 g/mol. The quantitative estimate of drug-likeness (QED) is 0.734. The van der Waals surface area contributed by atoms with Crippen molar-refractivity contribution in [3.05, 3.63) is 11.6 Å². The van der Waals surface area contributed by atoms with Crippen LogP contribution in [0.5, 0.6) is 0 Å². The van der Waals surface area contributed by atoms with Gasteiger partial charge in [0.25, 0.3) is 5.91 Å². The van der Waals surface area contributed by atoms with Crippen LogP contribution in [0.1, 0.15) is 17.3 Å². The van der Waals surface area contributed by atoms with Crippen LogP contribution in [0, 0.1) is 0 Å². The number of carbonyl (C=O) groups excluding carboxylic acids is 2. The van der Waals surface area contributed by atoms with Crippen LogP contribution in [0.3, 0.4) is 0 Å². The van der Waals surface area contributed by atoms with Gasteiger partial charge >= 0.3 is 0 Å². The third-order valence-electron chi connectivity index (χ3n) is 1.43. The van der Waals surface area contributed by atoms with Crippen LogP contribution >= 0.6 is 11.3 Å². The van der Waals surface area contributed by atoms with Crippen LogP contribution in [-0.4, -0.2) is 20.6 Å². The molecular weight excluding hydrogens is 240 g/mol. The SMILES string of the molecule is CC(=O)Nc1sc(S(=O)[O-])cc1C(N)=O. The fraction of sp³-hybridized carbons (Fsp3) is 0.143. The fourth-order valence-electron chi connectivity index (χ4n) is 0.886. The molecule has 1 aromatic heterocycles. The van der Waals surface area contributed by atoms with Crippen LogP contribution < -0.4 is 11.1 Å². The topological polar surface area (TPSA) is 112 Å². The molecule has 2 amide bonds. The zero-order chi connectivity index (χ0) is 11.6. The van der Waals surface area contributed by atoms with Gasteiger partial charge in [0.2, 0.25) is 5.91 Å². The molecule has 1 heterocycles. The van der Waals surface area contributed by atoms with Crippen molar-refractivity contribution >= 4 is 39.2 Å². The molecule has 6 nitrogen and oxygen atoms in total. The maximum Gasteiger partial charge on any atom is 0.251 e. The molecule has 1 aromatic rings. The predicted octanol–water partition coefficient (Wildman–Crippen LogP) is 0.0434. The summed E-state index contributed by atoms with van der Waals surface area (Å²) in [6.45, 7) is 1.25. The third kappa shape index (κ3) is 2.85. The van der Waals surface area contributed by atoms with Gasteiger partial charge in [-0.3, -0.25) is 13.8 Å². The molecule has 0 aromatic carbocycles. The number of carbonyl (C=O) groups is 2. The molecule has 0 bridgehead atoms. The summed E-state index contributed by atoms with van der Waals surface area (Å²) in [7, 11) is 0. The average molecular weight is 247 g/mol. The first kappa shape index (κ1) is 11.8. The van der Waals surface area contributed by atoms with E-state index in [0.717, 1.165) is 17.4 Å². The Morgan fingerprint density at radius 3 is 2.60 bits per heavy atom. The van der Waals surface area contributed by atoms with Crippen molar-refractivity contribution in [2.75, 3.05) is 5.32 Å². The zero-order valence-corrected chi connectivity index (χ0v) is 9.24. The summed E-state index contributed by atoms with van der Waals surface area (Å²) in [4.78, 5) is 21.7. The maximum atomic E-state index is 10.9. The lowest BCUT2D eigenvalue weighted by atomic mass is 10.3. The van der Waals surface area contributed by atoms with Gasteiger partial charge in [-0.2, -0.15) is 0 Å². The summed E-state index contributed by atoms with van der Waals surface area (Å²) in [6, 6.07) is 1.13. The van der Waals surface area contributed by atoms with E-state index in [2.05, 4.69) is 5.32 Å². The van der Waals surface area contributed by atoms with E-state index in [-0.39, 0.29) is 14.8 Å². The van der Waals surface area contributed by atoms with Crippen LogP contribution in [0.4, 0.5) is 5.00 Å². The second-order valence-electron chi connectivity index (χ2n) is 2.59. The Balaban J connectivity index is 3.17. The molecule has 1 unspecified atom stereocenters. The Morgan fingerprint density at radius 2 is 2.20 bits per heavy atom. The molecule has 3 N–H and O–H groups in total. The summed E-state index contributed by atoms with van der Waals surface area (Å²) >= 11 is -1.66. The highest BCUT2D eigenvalue weighted by Crippen LogP contribution is 2.29. The number of thiophene rings is 1. The van der Waals surface area contributed by atoms with Crippen molar-refractivity contribution in [3.63, 3.8) is 0 Å². The summed E-state index contributed by atoms with van der Waals surface area (Å²) in [5.74, 6) is -1.19. The highest BCUT2D eigenvalue weighted by atomic mass is 32.2. The van der Waals surface area contributed by atoms with E-state index in [4.69, 9.17) is 5.73 Å². The van der Waals surface area contributed by atoms with Gasteiger partial charge in [-0.05, 0) is 17.1 Å². The molecule has 0 aliphatic rings. The van der Waals surface area contributed by atoms with E-state index in [1.165, 1.54) is 6.92 Å². The first-order valence-electron chi connectivity index (χ1n) is 3.72. The number of nitrogens with two attached hydrogens (primary N) is 1. The molecule has 0 aliphatic carbocycles. The van der Waals surface area contributed by atoms with E-state index in [9.17, 15) is 18.4 Å². The minimum absolute atomic E-state index is 0.00519. The lowest BCUT2D eigenvalue weighted by Crippen LogP contribution is -2.14. The van der Waals surface area contributed by atoms with E-state index < -0.39 is 22.9 Å². The van der Waals surface area contributed by atoms with Gasteiger partial charge in [-0.1, -0.05) is 0 Å². The smallest absolute Gasteiger partial charge is 0.251 e. The molecule has 8 heteroatoms. The van der Waals surface area contributed by atoms with Crippen molar-refractivity contribution in [3.8, 4) is 0 Å². The molecule has 0 saturated heterocycles. The second kappa shape index (κ2) is 4.51. The second-order valence-corrected chi connectivity index (χ2v) is 4.81. The van der Waals surface area contributed by atoms with Crippen LogP contribution in [0.25, 0.3) is 0 Å². The maximum absolute atomic E-state index is 10.9. The van der Waals surface area contributed by atoms with Gasteiger partial charge in [0, 0.05) is 6.92 Å². The molecule has 0 fully saturated rings. The van der Waals surface area contributed by atoms with Crippen molar-refractivity contribution < 1.29 is 18.4 Å². The van der Waals surface area contributed by atoms with Crippen LogP contribution in [-0.2, 0) is 15.9 Å². The van der Waals surface area contributed by atoms with Gasteiger partial charge in [0.15, 0.2) is 0 Å². The number of rotatable bonds is 3. The number of nitrogens with one attached hydrogen (secondary N) is 1. The Hall–Kier alpha value is -1.25. The Bertz CT molecular complexity index is 440. The van der Waals surface area contributed by atoms with Crippen molar-refractivity contribution in [2.45, 2.75) is 11.1 Å². The highest BCUT2D eigenvalue weighted by molar-refractivity contribution is 7.81.